The van der Waals surface area contributed by atoms with E-state index in [-0.39, 0.29) is 0 Å². The molecular formula is C11H16N2O2. The van der Waals surface area contributed by atoms with Gasteiger partial charge in [0.2, 0.25) is 0 Å². The zero-order chi connectivity index (χ0) is 11.1. The fourth-order valence-electron chi connectivity index (χ4n) is 1.09. The fraction of sp³-hybridized carbons (Fsp3) is 0.364. The molecule has 0 aliphatic heterocycles. The van der Waals surface area contributed by atoms with E-state index in [4.69, 9.17) is 10.5 Å². The molecule has 0 aliphatic rings. The van der Waals surface area contributed by atoms with Crippen LogP contribution in [0.1, 0.15) is 19.8 Å². The second-order valence-corrected chi connectivity index (χ2v) is 3.24. The average molecular weight is 208 g/mol. The highest BCUT2D eigenvalue weighted by molar-refractivity contribution is 5.70. The van der Waals surface area contributed by atoms with Gasteiger partial charge in [0.15, 0.2) is 0 Å². The number of nitrogen functional groups attached to an aromatic ring is 1. The first-order chi connectivity index (χ1) is 7.22. The molecule has 0 saturated heterocycles. The van der Waals surface area contributed by atoms with Crippen molar-refractivity contribution in [3.8, 4) is 5.75 Å². The number of unbranched alkanes of at least 4 members (excludes halogenated alkanes) is 1. The van der Waals surface area contributed by atoms with Crippen molar-refractivity contribution in [3.63, 3.8) is 0 Å². The smallest absolute Gasteiger partial charge is 0.410 e. The van der Waals surface area contributed by atoms with Gasteiger partial charge in [0.1, 0.15) is 5.75 Å². The molecular weight excluding hydrogens is 192 g/mol. The van der Waals surface area contributed by atoms with Crippen molar-refractivity contribution in [2.24, 2.45) is 0 Å². The summed E-state index contributed by atoms with van der Waals surface area (Å²) in [7, 11) is 0. The minimum Gasteiger partial charge on any atom is -0.410 e. The van der Waals surface area contributed by atoms with Crippen LogP contribution in [0.15, 0.2) is 24.3 Å². The molecule has 15 heavy (non-hydrogen) atoms. The Kier molecular flexibility index (Phi) is 4.47. The highest BCUT2D eigenvalue weighted by Crippen LogP contribution is 2.14. The van der Waals surface area contributed by atoms with Crippen molar-refractivity contribution < 1.29 is 9.53 Å². The van der Waals surface area contributed by atoms with Crippen molar-refractivity contribution in [1.29, 1.82) is 0 Å². The lowest BCUT2D eigenvalue weighted by atomic mass is 10.3. The first-order valence-corrected chi connectivity index (χ1v) is 5.03. The fourth-order valence-corrected chi connectivity index (χ4v) is 1.09. The average Bonchev–Trinajstić information content (AvgIpc) is 2.18. The topological polar surface area (TPSA) is 64.3 Å². The van der Waals surface area contributed by atoms with Crippen molar-refractivity contribution in [2.45, 2.75) is 19.8 Å². The van der Waals surface area contributed by atoms with E-state index < -0.39 is 6.09 Å². The van der Waals surface area contributed by atoms with Crippen LogP contribution >= 0.6 is 0 Å². The summed E-state index contributed by atoms with van der Waals surface area (Å²) in [5, 5.41) is 2.65. The van der Waals surface area contributed by atoms with Crippen LogP contribution in [-0.4, -0.2) is 12.6 Å². The van der Waals surface area contributed by atoms with Gasteiger partial charge in [0.05, 0.1) is 0 Å². The lowest BCUT2D eigenvalue weighted by molar-refractivity contribution is 0.200. The van der Waals surface area contributed by atoms with E-state index in [2.05, 4.69) is 12.2 Å². The summed E-state index contributed by atoms with van der Waals surface area (Å²) < 4.78 is 5.01. The van der Waals surface area contributed by atoms with Crippen LogP contribution in [0.3, 0.4) is 0 Å². The monoisotopic (exact) mass is 208 g/mol. The number of nitrogens with one attached hydrogen (secondary N) is 1. The van der Waals surface area contributed by atoms with Gasteiger partial charge in [-0.1, -0.05) is 19.4 Å². The van der Waals surface area contributed by atoms with Gasteiger partial charge >= 0.3 is 6.09 Å². The number of hydrogen-bond acceptors (Lipinski definition) is 3. The molecule has 1 aromatic rings. The van der Waals surface area contributed by atoms with Crippen LogP contribution in [0, 0.1) is 0 Å². The Balaban J connectivity index is 2.37. The molecule has 1 amide bonds. The molecule has 0 radical (unpaired) electrons. The Hall–Kier alpha value is -1.71. The number of anilines is 1. The highest BCUT2D eigenvalue weighted by atomic mass is 16.6. The predicted octanol–water partition coefficient (Wildman–Crippen LogP) is 2.16. The van der Waals surface area contributed by atoms with Crippen molar-refractivity contribution in [3.05, 3.63) is 24.3 Å². The van der Waals surface area contributed by atoms with Crippen LogP contribution in [0.2, 0.25) is 0 Å². The summed E-state index contributed by atoms with van der Waals surface area (Å²) in [6.45, 7) is 2.70. The van der Waals surface area contributed by atoms with Gasteiger partial charge in [-0.05, 0) is 18.6 Å². The first-order valence-electron chi connectivity index (χ1n) is 5.03. The minimum absolute atomic E-state index is 0.436. The van der Waals surface area contributed by atoms with Crippen molar-refractivity contribution in [1.82, 2.24) is 5.32 Å². The maximum Gasteiger partial charge on any atom is 0.412 e. The summed E-state index contributed by atoms with van der Waals surface area (Å²) in [6.07, 6.45) is 1.55. The molecule has 0 unspecified atom stereocenters. The zero-order valence-corrected chi connectivity index (χ0v) is 8.82. The van der Waals surface area contributed by atoms with Gasteiger partial charge in [-0.2, -0.15) is 0 Å². The van der Waals surface area contributed by atoms with E-state index in [1.54, 1.807) is 24.3 Å². The zero-order valence-electron chi connectivity index (χ0n) is 8.82. The predicted molar refractivity (Wildman–Crippen MR) is 59.8 cm³/mol. The molecule has 0 saturated carbocycles. The van der Waals surface area contributed by atoms with Crippen LogP contribution < -0.4 is 15.8 Å². The maximum absolute atomic E-state index is 11.2. The number of ether oxygens (including phenoxy) is 1. The Morgan fingerprint density at radius 2 is 2.33 bits per heavy atom. The first kappa shape index (κ1) is 11.4. The number of hydrogen-bond donors (Lipinski definition) is 2. The lowest BCUT2D eigenvalue weighted by Crippen LogP contribution is -2.27. The van der Waals surface area contributed by atoms with E-state index in [0.29, 0.717) is 18.0 Å². The summed E-state index contributed by atoms with van der Waals surface area (Å²) >= 11 is 0. The number of rotatable bonds is 4. The summed E-state index contributed by atoms with van der Waals surface area (Å²) in [6, 6.07) is 6.78. The van der Waals surface area contributed by atoms with Crippen molar-refractivity contribution >= 4 is 11.8 Å². The molecule has 1 rings (SSSR count). The standard InChI is InChI=1S/C11H16N2O2/c1-2-3-7-13-11(14)15-10-6-4-5-9(12)8-10/h4-6,8H,2-3,7,12H2,1H3,(H,13,14). The Bertz CT molecular complexity index is 326. The molecule has 0 atom stereocenters. The Morgan fingerprint density at radius 1 is 1.53 bits per heavy atom. The third-order valence-corrected chi connectivity index (χ3v) is 1.87. The number of benzene rings is 1. The van der Waals surface area contributed by atoms with E-state index in [9.17, 15) is 4.79 Å². The highest BCUT2D eigenvalue weighted by Gasteiger charge is 2.02. The van der Waals surface area contributed by atoms with E-state index in [1.165, 1.54) is 0 Å². The normalized spacial score (nSPS) is 9.67. The van der Waals surface area contributed by atoms with Gasteiger partial charge in [-0.25, -0.2) is 4.79 Å². The second kappa shape index (κ2) is 5.90. The summed E-state index contributed by atoms with van der Waals surface area (Å²) in [4.78, 5) is 11.2. The molecule has 0 bridgehead atoms. The molecule has 0 aromatic heterocycles. The summed E-state index contributed by atoms with van der Waals surface area (Å²) in [5.41, 5.74) is 6.12. The molecule has 0 spiro atoms. The molecule has 4 heteroatoms. The maximum atomic E-state index is 11.2. The minimum atomic E-state index is -0.436. The Morgan fingerprint density at radius 3 is 3.00 bits per heavy atom. The van der Waals surface area contributed by atoms with Gasteiger partial charge in [-0.3, -0.25) is 0 Å². The van der Waals surface area contributed by atoms with Crippen LogP contribution in [0.4, 0.5) is 10.5 Å². The molecule has 1 aromatic carbocycles. The second-order valence-electron chi connectivity index (χ2n) is 3.24. The van der Waals surface area contributed by atoms with Gasteiger partial charge in [-0.15, -0.1) is 0 Å². The molecule has 0 heterocycles. The molecule has 4 nitrogen and oxygen atoms in total. The molecule has 82 valence electrons. The Labute approximate surface area is 89.4 Å². The number of carbonyl (C=O) groups excluding carboxylic acids is 1. The third kappa shape index (κ3) is 4.35. The van der Waals surface area contributed by atoms with Crippen LogP contribution in [0.25, 0.3) is 0 Å². The van der Waals surface area contributed by atoms with Crippen LogP contribution in [0.5, 0.6) is 5.75 Å². The van der Waals surface area contributed by atoms with Gasteiger partial charge in [0, 0.05) is 18.3 Å². The number of amides is 1. The number of nitrogens with two attached hydrogens (primary N) is 1. The number of carbonyl (C=O) groups is 1. The molecule has 3 N–H and O–H groups in total. The van der Waals surface area contributed by atoms with Gasteiger partial charge < -0.3 is 15.8 Å². The van der Waals surface area contributed by atoms with E-state index >= 15 is 0 Å². The third-order valence-electron chi connectivity index (χ3n) is 1.87. The quantitative estimate of drug-likeness (QED) is 0.588. The summed E-state index contributed by atoms with van der Waals surface area (Å²) in [5.74, 6) is 0.462. The van der Waals surface area contributed by atoms with E-state index in [0.717, 1.165) is 12.8 Å². The van der Waals surface area contributed by atoms with Crippen molar-refractivity contribution in [2.75, 3.05) is 12.3 Å². The van der Waals surface area contributed by atoms with E-state index in [1.807, 2.05) is 0 Å². The lowest BCUT2D eigenvalue weighted by Gasteiger charge is -2.06. The van der Waals surface area contributed by atoms with Gasteiger partial charge in [0.25, 0.3) is 0 Å². The molecule has 0 fully saturated rings. The SMILES string of the molecule is CCCCNC(=O)Oc1cccc(N)c1. The molecule has 0 aliphatic carbocycles. The largest absolute Gasteiger partial charge is 0.412 e. The van der Waals surface area contributed by atoms with Crippen LogP contribution in [-0.2, 0) is 0 Å².